The summed E-state index contributed by atoms with van der Waals surface area (Å²) >= 11 is 0. The van der Waals surface area contributed by atoms with E-state index in [-0.39, 0.29) is 24.8 Å². The zero-order valence-electron chi connectivity index (χ0n) is 12.0. The van der Waals surface area contributed by atoms with Crippen LogP contribution in [0.4, 0.5) is 0 Å². The van der Waals surface area contributed by atoms with Crippen molar-refractivity contribution in [1.29, 1.82) is 0 Å². The van der Waals surface area contributed by atoms with Gasteiger partial charge in [0.2, 0.25) is 0 Å². The van der Waals surface area contributed by atoms with Gasteiger partial charge in [0.25, 0.3) is 0 Å². The zero-order valence-corrected chi connectivity index (χ0v) is 13.6. The number of halogens is 2. The molecule has 1 aromatic rings. The van der Waals surface area contributed by atoms with Crippen LogP contribution >= 0.6 is 24.8 Å². The lowest BCUT2D eigenvalue weighted by atomic mass is 9.90. The fourth-order valence-electron chi connectivity index (χ4n) is 2.67. The highest BCUT2D eigenvalue weighted by molar-refractivity contribution is 5.85. The Morgan fingerprint density at radius 2 is 1.79 bits per heavy atom. The summed E-state index contributed by atoms with van der Waals surface area (Å²) in [5, 5.41) is 3.71. The fraction of sp³-hybridized carbons (Fsp3) is 0.600. The molecule has 3 atom stereocenters. The molecule has 110 valence electrons. The van der Waals surface area contributed by atoms with E-state index < -0.39 is 0 Å². The molecule has 3 unspecified atom stereocenters. The van der Waals surface area contributed by atoms with Gasteiger partial charge in [0, 0.05) is 25.2 Å². The van der Waals surface area contributed by atoms with Crippen LogP contribution in [0.5, 0.6) is 0 Å². The quantitative estimate of drug-likeness (QED) is 0.921. The van der Waals surface area contributed by atoms with Gasteiger partial charge in [0.1, 0.15) is 0 Å². The first-order chi connectivity index (χ1) is 8.16. The zero-order chi connectivity index (χ0) is 12.3. The Hall–Kier alpha value is -0.280. The summed E-state index contributed by atoms with van der Waals surface area (Å²) in [5.41, 5.74) is 1.38. The van der Waals surface area contributed by atoms with Gasteiger partial charge in [-0.05, 0) is 31.9 Å². The number of hydrogen-bond acceptors (Lipinski definition) is 2. The Morgan fingerprint density at radius 3 is 2.42 bits per heavy atom. The average molecular weight is 305 g/mol. The average Bonchev–Trinajstić information content (AvgIpc) is 2.33. The minimum absolute atomic E-state index is 0. The van der Waals surface area contributed by atoms with Gasteiger partial charge in [-0.2, -0.15) is 0 Å². The van der Waals surface area contributed by atoms with Crippen molar-refractivity contribution in [3.8, 4) is 0 Å². The largest absolute Gasteiger partial charge is 0.310 e. The van der Waals surface area contributed by atoms with E-state index in [4.69, 9.17) is 0 Å². The molecule has 0 bridgehead atoms. The number of nitrogens with one attached hydrogen (secondary N) is 1. The second-order valence-electron chi connectivity index (χ2n) is 5.47. The molecule has 1 aromatic carbocycles. The normalized spacial score (nSPS) is 27.2. The van der Waals surface area contributed by atoms with E-state index in [1.807, 2.05) is 0 Å². The summed E-state index contributed by atoms with van der Waals surface area (Å²) in [6.07, 6.45) is 1.25. The third-order valence-corrected chi connectivity index (χ3v) is 4.02. The van der Waals surface area contributed by atoms with Crippen molar-refractivity contribution in [3.63, 3.8) is 0 Å². The van der Waals surface area contributed by atoms with E-state index in [0.717, 1.165) is 12.5 Å². The molecule has 19 heavy (non-hydrogen) atoms. The molecule has 1 heterocycles. The second kappa shape index (κ2) is 8.80. The lowest BCUT2D eigenvalue weighted by Gasteiger charge is -2.40. The van der Waals surface area contributed by atoms with Gasteiger partial charge in [-0.25, -0.2) is 0 Å². The van der Waals surface area contributed by atoms with Crippen LogP contribution in [-0.4, -0.2) is 30.6 Å². The van der Waals surface area contributed by atoms with E-state index in [9.17, 15) is 0 Å². The first-order valence-electron chi connectivity index (χ1n) is 6.64. The molecule has 1 saturated heterocycles. The predicted octanol–water partition coefficient (Wildman–Crippen LogP) is 3.35. The standard InChI is InChI=1S/C15H24N2.2ClH/c1-12-11-17(3)13(2)9-15(12)16-10-14-7-5-4-6-8-14;;/h4-8,12-13,15-16H,9-11H2,1-3H3;2*1H. The Bertz CT molecular complexity index is 345. The van der Waals surface area contributed by atoms with Gasteiger partial charge in [0.15, 0.2) is 0 Å². The summed E-state index contributed by atoms with van der Waals surface area (Å²) in [4.78, 5) is 2.46. The van der Waals surface area contributed by atoms with Crippen molar-refractivity contribution in [2.45, 2.75) is 38.9 Å². The fourth-order valence-corrected chi connectivity index (χ4v) is 2.67. The van der Waals surface area contributed by atoms with Gasteiger partial charge >= 0.3 is 0 Å². The highest BCUT2D eigenvalue weighted by Crippen LogP contribution is 2.20. The third kappa shape index (κ3) is 5.31. The van der Waals surface area contributed by atoms with Crippen LogP contribution in [-0.2, 0) is 6.54 Å². The van der Waals surface area contributed by atoms with Crippen molar-refractivity contribution in [2.24, 2.45) is 5.92 Å². The summed E-state index contributed by atoms with van der Waals surface area (Å²) in [6.45, 7) is 6.87. The summed E-state index contributed by atoms with van der Waals surface area (Å²) < 4.78 is 0. The van der Waals surface area contributed by atoms with Crippen molar-refractivity contribution in [3.05, 3.63) is 35.9 Å². The second-order valence-corrected chi connectivity index (χ2v) is 5.47. The third-order valence-electron chi connectivity index (χ3n) is 4.02. The molecule has 0 aliphatic carbocycles. The molecule has 1 N–H and O–H groups in total. The summed E-state index contributed by atoms with van der Waals surface area (Å²) in [5.74, 6) is 0.736. The molecule has 0 saturated carbocycles. The first kappa shape index (κ1) is 18.7. The smallest absolute Gasteiger partial charge is 0.0208 e. The Kier molecular flexibility index (Phi) is 8.67. The monoisotopic (exact) mass is 304 g/mol. The topological polar surface area (TPSA) is 15.3 Å². The highest BCUT2D eigenvalue weighted by atomic mass is 35.5. The van der Waals surface area contributed by atoms with Crippen molar-refractivity contribution >= 4 is 24.8 Å². The molecule has 0 amide bonds. The number of piperidine rings is 1. The van der Waals surface area contributed by atoms with E-state index >= 15 is 0 Å². The molecule has 0 spiro atoms. The van der Waals surface area contributed by atoms with Crippen LogP contribution < -0.4 is 5.32 Å². The van der Waals surface area contributed by atoms with Gasteiger partial charge in [0.05, 0.1) is 0 Å². The molecule has 2 rings (SSSR count). The number of nitrogens with zero attached hydrogens (tertiary/aromatic N) is 1. The van der Waals surface area contributed by atoms with Crippen molar-refractivity contribution in [2.75, 3.05) is 13.6 Å². The molecular formula is C15H26Cl2N2. The van der Waals surface area contributed by atoms with Crippen LogP contribution in [0.3, 0.4) is 0 Å². The highest BCUT2D eigenvalue weighted by Gasteiger charge is 2.28. The van der Waals surface area contributed by atoms with Gasteiger partial charge in [-0.15, -0.1) is 24.8 Å². The SMILES string of the molecule is CC1CN(C)C(C)CC1NCc1ccccc1.Cl.Cl. The molecule has 1 aliphatic rings. The van der Waals surface area contributed by atoms with Gasteiger partial charge in [-0.1, -0.05) is 37.3 Å². The van der Waals surface area contributed by atoms with Crippen molar-refractivity contribution < 1.29 is 0 Å². The lowest BCUT2D eigenvalue weighted by molar-refractivity contribution is 0.121. The van der Waals surface area contributed by atoms with Crippen LogP contribution in [0.15, 0.2) is 30.3 Å². The van der Waals surface area contributed by atoms with Gasteiger partial charge in [-0.3, -0.25) is 0 Å². The predicted molar refractivity (Wildman–Crippen MR) is 87.4 cm³/mol. The summed E-state index contributed by atoms with van der Waals surface area (Å²) in [6, 6.07) is 12.0. The minimum atomic E-state index is 0. The van der Waals surface area contributed by atoms with E-state index in [0.29, 0.717) is 12.1 Å². The maximum atomic E-state index is 3.71. The first-order valence-corrected chi connectivity index (χ1v) is 6.64. The number of rotatable bonds is 3. The maximum Gasteiger partial charge on any atom is 0.0208 e. The molecule has 2 nitrogen and oxygen atoms in total. The molecule has 1 aliphatic heterocycles. The Balaban J connectivity index is 0.00000162. The minimum Gasteiger partial charge on any atom is -0.310 e. The Morgan fingerprint density at radius 1 is 1.16 bits per heavy atom. The summed E-state index contributed by atoms with van der Waals surface area (Å²) in [7, 11) is 2.23. The molecule has 0 aromatic heterocycles. The molecule has 1 fully saturated rings. The van der Waals surface area contributed by atoms with Gasteiger partial charge < -0.3 is 10.2 Å². The Labute approximate surface area is 129 Å². The number of likely N-dealkylation sites (tertiary alicyclic amines) is 1. The van der Waals surface area contributed by atoms with E-state index in [1.54, 1.807) is 0 Å². The van der Waals surface area contributed by atoms with Crippen molar-refractivity contribution in [1.82, 2.24) is 10.2 Å². The molecular weight excluding hydrogens is 279 g/mol. The van der Waals surface area contributed by atoms with Crippen LogP contribution in [0, 0.1) is 5.92 Å². The van der Waals surface area contributed by atoms with E-state index in [2.05, 4.69) is 61.4 Å². The van der Waals surface area contributed by atoms with Crippen LogP contribution in [0.1, 0.15) is 25.8 Å². The van der Waals surface area contributed by atoms with Crippen LogP contribution in [0.25, 0.3) is 0 Å². The molecule has 0 radical (unpaired) electrons. The maximum absolute atomic E-state index is 3.71. The lowest BCUT2D eigenvalue weighted by Crippen LogP contribution is -2.50. The number of hydrogen-bond donors (Lipinski definition) is 1. The number of benzene rings is 1. The molecule has 4 heteroatoms. The van der Waals surface area contributed by atoms with Crippen LogP contribution in [0.2, 0.25) is 0 Å². The van der Waals surface area contributed by atoms with E-state index in [1.165, 1.54) is 18.5 Å².